The molecule has 3 aromatic rings. The lowest BCUT2D eigenvalue weighted by molar-refractivity contribution is 0.362. The normalized spacial score (nSPS) is 16.5. The molecular formula is C23H22FN3O4S2. The van der Waals surface area contributed by atoms with Crippen molar-refractivity contribution in [1.82, 2.24) is 4.41 Å². The van der Waals surface area contributed by atoms with Gasteiger partial charge in [-0.2, -0.15) is 17.9 Å². The topological polar surface area (TPSA) is 95.9 Å². The van der Waals surface area contributed by atoms with E-state index >= 15 is 0 Å². The van der Waals surface area contributed by atoms with Gasteiger partial charge in [-0.15, -0.1) is 0 Å². The second kappa shape index (κ2) is 8.60. The fourth-order valence-corrected chi connectivity index (χ4v) is 5.97. The van der Waals surface area contributed by atoms with Crippen molar-refractivity contribution >= 4 is 31.4 Å². The minimum absolute atomic E-state index is 0.101. The van der Waals surface area contributed by atoms with Crippen LogP contribution < -0.4 is 4.72 Å². The van der Waals surface area contributed by atoms with E-state index in [-0.39, 0.29) is 16.9 Å². The first-order valence-corrected chi connectivity index (χ1v) is 13.4. The van der Waals surface area contributed by atoms with Crippen LogP contribution >= 0.6 is 0 Å². The number of aryl methyl sites for hydroxylation is 1. The lowest BCUT2D eigenvalue weighted by Gasteiger charge is -2.24. The van der Waals surface area contributed by atoms with Gasteiger partial charge in [0.05, 0.1) is 22.9 Å². The molecule has 10 heteroatoms. The Morgan fingerprint density at radius 3 is 2.21 bits per heavy atom. The van der Waals surface area contributed by atoms with Gasteiger partial charge in [0, 0.05) is 17.7 Å². The number of hydrogen-bond donors (Lipinski definition) is 1. The molecule has 1 atom stereocenters. The molecule has 0 saturated heterocycles. The van der Waals surface area contributed by atoms with Gasteiger partial charge in [0.25, 0.3) is 10.0 Å². The maximum atomic E-state index is 14.7. The van der Waals surface area contributed by atoms with Crippen molar-refractivity contribution in [1.29, 1.82) is 0 Å². The van der Waals surface area contributed by atoms with E-state index in [0.717, 1.165) is 10.7 Å². The molecule has 0 spiro atoms. The molecule has 1 aliphatic heterocycles. The number of hydrogen-bond acceptors (Lipinski definition) is 5. The van der Waals surface area contributed by atoms with Crippen LogP contribution in [0.1, 0.15) is 29.2 Å². The van der Waals surface area contributed by atoms with Crippen LogP contribution in [-0.2, 0) is 20.0 Å². The number of nitrogens with one attached hydrogen (secondary N) is 1. The quantitative estimate of drug-likeness (QED) is 0.568. The smallest absolute Gasteiger partial charge is 0.279 e. The van der Waals surface area contributed by atoms with Crippen LogP contribution in [0.2, 0.25) is 0 Å². The molecule has 33 heavy (non-hydrogen) atoms. The standard InChI is InChI=1S/C23H22FN3O4S2/c1-16-7-3-6-10-23(16)33(30,31)27-22(19-8-4-5-9-20(19)24)15-21(25-27)17-11-13-18(14-12-17)26-32(2,28)29/h3-14,22,26H,15H2,1-2H3/t22-/m0/s1. The molecule has 0 saturated carbocycles. The number of hydrazone groups is 1. The van der Waals surface area contributed by atoms with Gasteiger partial charge in [-0.1, -0.05) is 48.5 Å². The predicted molar refractivity (Wildman–Crippen MR) is 125 cm³/mol. The molecule has 0 aromatic heterocycles. The maximum absolute atomic E-state index is 14.7. The average molecular weight is 488 g/mol. The van der Waals surface area contributed by atoms with E-state index in [1.165, 1.54) is 12.1 Å². The molecule has 172 valence electrons. The highest BCUT2D eigenvalue weighted by Crippen LogP contribution is 2.38. The van der Waals surface area contributed by atoms with Crippen molar-refractivity contribution in [3.63, 3.8) is 0 Å². The summed E-state index contributed by atoms with van der Waals surface area (Å²) in [5.74, 6) is -0.517. The van der Waals surface area contributed by atoms with Crippen molar-refractivity contribution < 1.29 is 21.2 Å². The van der Waals surface area contributed by atoms with Gasteiger partial charge in [-0.25, -0.2) is 12.8 Å². The van der Waals surface area contributed by atoms with Gasteiger partial charge in [0.2, 0.25) is 10.0 Å². The zero-order chi connectivity index (χ0) is 23.8. The third-order valence-electron chi connectivity index (χ3n) is 5.28. The second-order valence-corrected chi connectivity index (χ2v) is 11.3. The molecule has 7 nitrogen and oxygen atoms in total. The molecule has 1 N–H and O–H groups in total. The highest BCUT2D eigenvalue weighted by molar-refractivity contribution is 7.92. The number of benzene rings is 3. The van der Waals surface area contributed by atoms with Crippen LogP contribution in [0, 0.1) is 12.7 Å². The number of rotatable bonds is 6. The Morgan fingerprint density at radius 1 is 0.939 bits per heavy atom. The summed E-state index contributed by atoms with van der Waals surface area (Å²) >= 11 is 0. The Bertz CT molecular complexity index is 1440. The third kappa shape index (κ3) is 4.76. The van der Waals surface area contributed by atoms with Gasteiger partial charge in [0.1, 0.15) is 5.82 Å². The van der Waals surface area contributed by atoms with E-state index in [4.69, 9.17) is 0 Å². The summed E-state index contributed by atoms with van der Waals surface area (Å²) in [5.41, 5.74) is 2.22. The second-order valence-electron chi connectivity index (χ2n) is 7.78. The molecule has 0 unspecified atom stereocenters. The van der Waals surface area contributed by atoms with Crippen molar-refractivity contribution in [3.05, 3.63) is 95.3 Å². The molecule has 0 aliphatic carbocycles. The first-order chi connectivity index (χ1) is 15.6. The van der Waals surface area contributed by atoms with Crippen LogP contribution in [0.25, 0.3) is 0 Å². The molecule has 0 radical (unpaired) electrons. The zero-order valence-electron chi connectivity index (χ0n) is 17.9. The van der Waals surface area contributed by atoms with Gasteiger partial charge in [-0.05, 0) is 42.3 Å². The van der Waals surface area contributed by atoms with Crippen molar-refractivity contribution in [3.8, 4) is 0 Å². The van der Waals surface area contributed by atoms with Crippen LogP contribution in [0.15, 0.2) is 82.8 Å². The van der Waals surface area contributed by atoms with Gasteiger partial charge < -0.3 is 0 Å². The summed E-state index contributed by atoms with van der Waals surface area (Å²) in [6.07, 6.45) is 1.21. The van der Waals surface area contributed by atoms with E-state index in [1.807, 2.05) is 0 Å². The zero-order valence-corrected chi connectivity index (χ0v) is 19.6. The van der Waals surface area contributed by atoms with Gasteiger partial charge in [0.15, 0.2) is 0 Å². The van der Waals surface area contributed by atoms with E-state index in [9.17, 15) is 21.2 Å². The monoisotopic (exact) mass is 487 g/mol. The van der Waals surface area contributed by atoms with Crippen LogP contribution in [-0.4, -0.2) is 33.2 Å². The molecule has 4 rings (SSSR count). The SMILES string of the molecule is Cc1ccccc1S(=O)(=O)N1N=C(c2ccc(NS(C)(=O)=O)cc2)C[C@H]1c1ccccc1F. The summed E-state index contributed by atoms with van der Waals surface area (Å²) < 4.78 is 68.0. The Morgan fingerprint density at radius 2 is 1.58 bits per heavy atom. The Balaban J connectivity index is 1.77. The highest BCUT2D eigenvalue weighted by Gasteiger charge is 2.39. The first kappa shape index (κ1) is 22.9. The summed E-state index contributed by atoms with van der Waals surface area (Å²) in [6, 6.07) is 18.2. The number of halogens is 1. The third-order valence-corrected chi connectivity index (χ3v) is 7.72. The largest absolute Gasteiger partial charge is 0.284 e. The minimum Gasteiger partial charge on any atom is -0.284 e. The number of sulfonamides is 2. The Kier molecular flexibility index (Phi) is 5.98. The minimum atomic E-state index is -4.07. The molecule has 0 fully saturated rings. The molecular weight excluding hydrogens is 465 g/mol. The molecule has 0 amide bonds. The van der Waals surface area contributed by atoms with Crippen LogP contribution in [0.5, 0.6) is 0 Å². The van der Waals surface area contributed by atoms with E-state index in [0.29, 0.717) is 22.5 Å². The number of anilines is 1. The van der Waals surface area contributed by atoms with Crippen LogP contribution in [0.4, 0.5) is 10.1 Å². The molecule has 3 aromatic carbocycles. The van der Waals surface area contributed by atoms with Gasteiger partial charge >= 0.3 is 0 Å². The maximum Gasteiger partial charge on any atom is 0.279 e. The average Bonchev–Trinajstić information content (AvgIpc) is 3.20. The summed E-state index contributed by atoms with van der Waals surface area (Å²) in [4.78, 5) is 0.101. The van der Waals surface area contributed by atoms with Crippen molar-refractivity contribution in [2.24, 2.45) is 5.10 Å². The fraction of sp³-hybridized carbons (Fsp3) is 0.174. The molecule has 0 bridgehead atoms. The fourth-order valence-electron chi connectivity index (χ4n) is 3.75. The lowest BCUT2D eigenvalue weighted by Crippen LogP contribution is -2.28. The van der Waals surface area contributed by atoms with Gasteiger partial charge in [-0.3, -0.25) is 4.72 Å². The van der Waals surface area contributed by atoms with E-state index in [1.54, 1.807) is 67.6 Å². The Labute approximate surface area is 192 Å². The predicted octanol–water partition coefficient (Wildman–Crippen LogP) is 4.05. The molecule has 1 heterocycles. The van der Waals surface area contributed by atoms with E-state index in [2.05, 4.69) is 9.82 Å². The summed E-state index contributed by atoms with van der Waals surface area (Å²) in [5, 5.41) is 4.41. The highest BCUT2D eigenvalue weighted by atomic mass is 32.2. The first-order valence-electron chi connectivity index (χ1n) is 10.1. The summed E-state index contributed by atoms with van der Waals surface area (Å²) in [6.45, 7) is 1.69. The van der Waals surface area contributed by atoms with Crippen LogP contribution in [0.3, 0.4) is 0 Å². The summed E-state index contributed by atoms with van der Waals surface area (Å²) in [7, 11) is -7.50. The van der Waals surface area contributed by atoms with E-state index < -0.39 is 31.9 Å². The van der Waals surface area contributed by atoms with Crippen molar-refractivity contribution in [2.45, 2.75) is 24.3 Å². The molecule has 1 aliphatic rings. The van der Waals surface area contributed by atoms with Crippen molar-refractivity contribution in [2.75, 3.05) is 11.0 Å². The lowest BCUT2D eigenvalue weighted by atomic mass is 9.99. The Hall–Kier alpha value is -3.24. The number of nitrogens with zero attached hydrogens (tertiary/aromatic N) is 2.